The van der Waals surface area contributed by atoms with Gasteiger partial charge in [-0.05, 0) is 61.4 Å². The molecule has 0 aliphatic heterocycles. The highest BCUT2D eigenvalue weighted by Crippen LogP contribution is 2.27. The van der Waals surface area contributed by atoms with Crippen LogP contribution in [0.15, 0.2) is 76.3 Å². The highest BCUT2D eigenvalue weighted by molar-refractivity contribution is 6.06. The summed E-state index contributed by atoms with van der Waals surface area (Å²) in [4.78, 5) is 27.6. The van der Waals surface area contributed by atoms with Crippen LogP contribution in [0.3, 0.4) is 0 Å². The van der Waals surface area contributed by atoms with E-state index in [2.05, 4.69) is 0 Å². The van der Waals surface area contributed by atoms with E-state index in [9.17, 15) is 9.59 Å². The van der Waals surface area contributed by atoms with Crippen molar-refractivity contribution in [2.24, 2.45) is 7.05 Å². The Morgan fingerprint density at radius 3 is 2.27 bits per heavy atom. The molecule has 0 N–H and O–H groups in total. The average Bonchev–Trinajstić information content (AvgIpc) is 3.09. The van der Waals surface area contributed by atoms with Crippen molar-refractivity contribution in [2.75, 3.05) is 7.11 Å². The number of ether oxygens (including phenoxy) is 1. The molecule has 0 unspecified atom stereocenters. The van der Waals surface area contributed by atoms with E-state index in [-0.39, 0.29) is 11.2 Å². The lowest BCUT2D eigenvalue weighted by atomic mass is 10.1. The molecule has 5 rings (SSSR count). The Morgan fingerprint density at radius 2 is 1.58 bits per heavy atom. The molecule has 0 aliphatic rings. The highest BCUT2D eigenvalue weighted by Gasteiger charge is 2.21. The summed E-state index contributed by atoms with van der Waals surface area (Å²) in [5.41, 5.74) is 4.96. The van der Waals surface area contributed by atoms with Crippen LogP contribution in [0.5, 0.6) is 5.75 Å². The minimum absolute atomic E-state index is 0.317. The molecule has 3 aromatic carbocycles. The molecule has 0 atom stereocenters. The van der Waals surface area contributed by atoms with Gasteiger partial charge in [-0.2, -0.15) is 0 Å². The number of hydrogen-bond acceptors (Lipinski definition) is 3. The fourth-order valence-electron chi connectivity index (χ4n) is 4.52. The summed E-state index contributed by atoms with van der Waals surface area (Å²) in [5, 5.41) is 0.895. The zero-order valence-corrected chi connectivity index (χ0v) is 19.1. The van der Waals surface area contributed by atoms with Crippen LogP contribution in [0, 0.1) is 13.8 Å². The van der Waals surface area contributed by atoms with Crippen LogP contribution < -0.4 is 16.0 Å². The molecule has 0 bridgehead atoms. The van der Waals surface area contributed by atoms with E-state index in [0.29, 0.717) is 23.3 Å². The molecule has 2 heterocycles. The molecule has 0 radical (unpaired) electrons. The first-order valence-corrected chi connectivity index (χ1v) is 10.8. The number of rotatable bonds is 4. The van der Waals surface area contributed by atoms with Gasteiger partial charge in [-0.1, -0.05) is 35.9 Å². The lowest BCUT2D eigenvalue weighted by Crippen LogP contribution is -2.39. The van der Waals surface area contributed by atoms with Crippen LogP contribution >= 0.6 is 0 Å². The Kier molecular flexibility index (Phi) is 4.93. The molecule has 0 aliphatic carbocycles. The van der Waals surface area contributed by atoms with E-state index in [1.54, 1.807) is 17.7 Å². The zero-order valence-electron chi connectivity index (χ0n) is 19.1. The number of hydrogen-bond donors (Lipinski definition) is 0. The minimum Gasteiger partial charge on any atom is -0.497 e. The van der Waals surface area contributed by atoms with Crippen LogP contribution in [-0.4, -0.2) is 20.8 Å². The van der Waals surface area contributed by atoms with E-state index >= 15 is 0 Å². The van der Waals surface area contributed by atoms with E-state index in [1.165, 1.54) is 4.57 Å². The second kappa shape index (κ2) is 7.81. The van der Waals surface area contributed by atoms with Gasteiger partial charge in [-0.25, -0.2) is 9.36 Å². The van der Waals surface area contributed by atoms with Crippen molar-refractivity contribution in [1.29, 1.82) is 0 Å². The maximum Gasteiger partial charge on any atom is 0.336 e. The quantitative estimate of drug-likeness (QED) is 0.419. The first kappa shape index (κ1) is 20.8. The third-order valence-corrected chi connectivity index (χ3v) is 6.19. The zero-order chi connectivity index (χ0) is 23.3. The Balaban J connectivity index is 1.90. The van der Waals surface area contributed by atoms with Gasteiger partial charge in [0.25, 0.3) is 5.56 Å². The van der Waals surface area contributed by atoms with Gasteiger partial charge in [0.05, 0.1) is 30.4 Å². The van der Waals surface area contributed by atoms with Gasteiger partial charge in [-0.3, -0.25) is 9.36 Å². The van der Waals surface area contributed by atoms with Gasteiger partial charge in [0, 0.05) is 12.4 Å². The summed E-state index contributed by atoms with van der Waals surface area (Å²) in [6.45, 7) is 4.29. The fraction of sp³-hybridized carbons (Fsp3) is 0.185. The number of aromatic nitrogens is 3. The van der Waals surface area contributed by atoms with Crippen LogP contribution in [0.4, 0.5) is 0 Å². The number of aryl methyl sites for hydroxylation is 3. The first-order valence-electron chi connectivity index (χ1n) is 10.8. The van der Waals surface area contributed by atoms with Crippen LogP contribution in [0.1, 0.15) is 16.7 Å². The van der Waals surface area contributed by atoms with Crippen molar-refractivity contribution in [1.82, 2.24) is 13.7 Å². The Labute approximate surface area is 190 Å². The maximum atomic E-state index is 13.9. The monoisotopic (exact) mass is 439 g/mol. The lowest BCUT2D eigenvalue weighted by molar-refractivity contribution is 0.414. The van der Waals surface area contributed by atoms with Gasteiger partial charge >= 0.3 is 5.69 Å². The molecule has 0 amide bonds. The van der Waals surface area contributed by atoms with Gasteiger partial charge in [0.15, 0.2) is 0 Å². The van der Waals surface area contributed by atoms with Crippen LogP contribution in [0.25, 0.3) is 27.6 Å². The molecular formula is C27H25N3O3. The molecule has 6 heteroatoms. The molecule has 5 aromatic rings. The third kappa shape index (κ3) is 3.35. The molecule has 33 heavy (non-hydrogen) atoms. The van der Waals surface area contributed by atoms with E-state index in [4.69, 9.17) is 4.74 Å². The highest BCUT2D eigenvalue weighted by atomic mass is 16.5. The molecule has 2 aromatic heterocycles. The molecule has 6 nitrogen and oxygen atoms in total. The Bertz CT molecular complexity index is 1640. The molecule has 0 saturated carbocycles. The average molecular weight is 440 g/mol. The molecule has 0 spiro atoms. The summed E-state index contributed by atoms with van der Waals surface area (Å²) in [5.74, 6) is 0.752. The summed E-state index contributed by atoms with van der Waals surface area (Å²) < 4.78 is 10.2. The SMILES string of the molecule is COc1ccc(Cn2c(=O)n(-c3cccc(C)c3)c(=O)c3c2c2cc(C)ccc2n3C)cc1. The number of nitrogens with zero attached hydrogens (tertiary/aromatic N) is 3. The van der Waals surface area contributed by atoms with E-state index < -0.39 is 0 Å². The standard InChI is InChI=1S/C27H25N3O3/c1-17-6-5-7-20(14-17)30-26(31)25-24(22-15-18(2)8-13-23(22)28(25)3)29(27(30)32)16-19-9-11-21(33-4)12-10-19/h5-15H,16H2,1-4H3. The summed E-state index contributed by atoms with van der Waals surface area (Å²) >= 11 is 0. The van der Waals surface area contributed by atoms with Gasteiger partial charge in [0.2, 0.25) is 0 Å². The second-order valence-electron chi connectivity index (χ2n) is 8.47. The smallest absolute Gasteiger partial charge is 0.336 e. The first-order chi connectivity index (χ1) is 15.9. The Hall–Kier alpha value is -4.06. The van der Waals surface area contributed by atoms with E-state index in [0.717, 1.165) is 33.3 Å². The Morgan fingerprint density at radius 1 is 0.848 bits per heavy atom. The molecule has 0 fully saturated rings. The minimum atomic E-state index is -0.358. The fourth-order valence-corrected chi connectivity index (χ4v) is 4.52. The topological polar surface area (TPSA) is 58.2 Å². The molecule has 0 saturated heterocycles. The predicted molar refractivity (Wildman–Crippen MR) is 132 cm³/mol. The predicted octanol–water partition coefficient (Wildman–Crippen LogP) is 4.32. The van der Waals surface area contributed by atoms with Crippen molar-refractivity contribution in [2.45, 2.75) is 20.4 Å². The second-order valence-corrected chi connectivity index (χ2v) is 8.47. The van der Waals surface area contributed by atoms with Crippen molar-refractivity contribution >= 4 is 21.9 Å². The van der Waals surface area contributed by atoms with Gasteiger partial charge < -0.3 is 9.30 Å². The van der Waals surface area contributed by atoms with E-state index in [1.807, 2.05) is 86.1 Å². The lowest BCUT2D eigenvalue weighted by Gasteiger charge is -2.14. The summed E-state index contributed by atoms with van der Waals surface area (Å²) in [6.07, 6.45) is 0. The maximum absolute atomic E-state index is 13.9. The van der Waals surface area contributed by atoms with Crippen molar-refractivity contribution in [3.63, 3.8) is 0 Å². The normalized spacial score (nSPS) is 11.4. The number of fused-ring (bicyclic) bond motifs is 3. The van der Waals surface area contributed by atoms with Gasteiger partial charge in [0.1, 0.15) is 11.3 Å². The van der Waals surface area contributed by atoms with Crippen LogP contribution in [0.2, 0.25) is 0 Å². The van der Waals surface area contributed by atoms with Crippen molar-refractivity contribution < 1.29 is 4.74 Å². The van der Waals surface area contributed by atoms with Crippen molar-refractivity contribution in [3.8, 4) is 11.4 Å². The number of benzene rings is 3. The van der Waals surface area contributed by atoms with Gasteiger partial charge in [-0.15, -0.1) is 0 Å². The van der Waals surface area contributed by atoms with Crippen LogP contribution in [-0.2, 0) is 13.6 Å². The number of methoxy groups -OCH3 is 1. The summed E-state index contributed by atoms with van der Waals surface area (Å²) in [7, 11) is 3.50. The molecular weight excluding hydrogens is 414 g/mol. The third-order valence-electron chi connectivity index (χ3n) is 6.19. The summed E-state index contributed by atoms with van der Waals surface area (Å²) in [6, 6.07) is 21.2. The molecule has 166 valence electrons. The van der Waals surface area contributed by atoms with Crippen molar-refractivity contribution in [3.05, 3.63) is 104 Å². The largest absolute Gasteiger partial charge is 0.497 e.